The molecule has 102 valence electrons. The third kappa shape index (κ3) is 3.70. The SMILES string of the molecule is CCCc1nnc(N(C)CC[C@H]2CCCCO2)o1. The summed E-state index contributed by atoms with van der Waals surface area (Å²) in [5, 5.41) is 8.10. The van der Waals surface area contributed by atoms with E-state index in [4.69, 9.17) is 9.15 Å². The van der Waals surface area contributed by atoms with Crippen molar-refractivity contribution in [1.29, 1.82) is 0 Å². The first-order chi connectivity index (χ1) is 8.79. The molecule has 1 saturated heterocycles. The van der Waals surface area contributed by atoms with Crippen LogP contribution in [-0.4, -0.2) is 36.5 Å². The third-order valence-corrected chi connectivity index (χ3v) is 3.31. The van der Waals surface area contributed by atoms with E-state index in [0.29, 0.717) is 12.1 Å². The van der Waals surface area contributed by atoms with E-state index in [1.807, 2.05) is 11.9 Å². The fraction of sp³-hybridized carbons (Fsp3) is 0.846. The van der Waals surface area contributed by atoms with Gasteiger partial charge in [0.05, 0.1) is 6.10 Å². The first-order valence-corrected chi connectivity index (χ1v) is 6.94. The monoisotopic (exact) mass is 253 g/mol. The second-order valence-corrected chi connectivity index (χ2v) is 4.93. The summed E-state index contributed by atoms with van der Waals surface area (Å²) in [4.78, 5) is 2.02. The Labute approximate surface area is 109 Å². The lowest BCUT2D eigenvalue weighted by molar-refractivity contribution is 0.0126. The number of aryl methyl sites for hydroxylation is 1. The van der Waals surface area contributed by atoms with E-state index in [1.165, 1.54) is 19.3 Å². The predicted octanol–water partition coefficient (Wildman–Crippen LogP) is 2.42. The molecule has 0 bridgehead atoms. The molecule has 0 saturated carbocycles. The van der Waals surface area contributed by atoms with Crippen molar-refractivity contribution in [2.45, 2.75) is 51.6 Å². The molecule has 1 aliphatic heterocycles. The van der Waals surface area contributed by atoms with Crippen molar-refractivity contribution < 1.29 is 9.15 Å². The van der Waals surface area contributed by atoms with E-state index in [9.17, 15) is 0 Å². The van der Waals surface area contributed by atoms with Gasteiger partial charge in [0.1, 0.15) is 0 Å². The van der Waals surface area contributed by atoms with Gasteiger partial charge in [0.2, 0.25) is 5.89 Å². The van der Waals surface area contributed by atoms with E-state index in [1.54, 1.807) is 0 Å². The van der Waals surface area contributed by atoms with Gasteiger partial charge in [-0.15, -0.1) is 5.10 Å². The highest BCUT2D eigenvalue weighted by molar-refractivity contribution is 5.21. The van der Waals surface area contributed by atoms with Crippen LogP contribution >= 0.6 is 0 Å². The van der Waals surface area contributed by atoms with Crippen LogP contribution in [0.5, 0.6) is 0 Å². The maximum atomic E-state index is 5.71. The lowest BCUT2D eigenvalue weighted by atomic mass is 10.1. The quantitative estimate of drug-likeness (QED) is 0.779. The van der Waals surface area contributed by atoms with Crippen LogP contribution in [0.15, 0.2) is 4.42 Å². The average Bonchev–Trinajstić information content (AvgIpc) is 2.86. The highest BCUT2D eigenvalue weighted by Gasteiger charge is 2.16. The molecule has 5 nitrogen and oxygen atoms in total. The molecule has 0 unspecified atom stereocenters. The molecule has 1 aliphatic rings. The minimum Gasteiger partial charge on any atom is -0.408 e. The summed E-state index contributed by atoms with van der Waals surface area (Å²) in [6.07, 6.45) is 6.99. The van der Waals surface area contributed by atoms with E-state index >= 15 is 0 Å². The molecule has 18 heavy (non-hydrogen) atoms. The Balaban J connectivity index is 1.77. The molecular formula is C13H23N3O2. The molecule has 0 aliphatic carbocycles. The van der Waals surface area contributed by atoms with Crippen molar-refractivity contribution in [1.82, 2.24) is 10.2 Å². The zero-order chi connectivity index (χ0) is 12.8. The van der Waals surface area contributed by atoms with Crippen LogP contribution in [-0.2, 0) is 11.2 Å². The second kappa shape index (κ2) is 6.73. The molecule has 1 fully saturated rings. The Morgan fingerprint density at radius 1 is 1.33 bits per heavy atom. The molecule has 1 aromatic rings. The molecule has 0 amide bonds. The van der Waals surface area contributed by atoms with Crippen molar-refractivity contribution in [3.63, 3.8) is 0 Å². The minimum atomic E-state index is 0.402. The Kier molecular flexibility index (Phi) is 4.99. The molecule has 2 heterocycles. The van der Waals surface area contributed by atoms with Crippen molar-refractivity contribution in [2.24, 2.45) is 0 Å². The van der Waals surface area contributed by atoms with Crippen molar-refractivity contribution in [3.8, 4) is 0 Å². The fourth-order valence-corrected chi connectivity index (χ4v) is 2.18. The average molecular weight is 253 g/mol. The summed E-state index contributed by atoms with van der Waals surface area (Å²) in [5.74, 6) is 0.730. The molecule has 5 heteroatoms. The number of rotatable bonds is 6. The molecule has 1 aromatic heterocycles. The van der Waals surface area contributed by atoms with Gasteiger partial charge in [-0.1, -0.05) is 12.0 Å². The molecule has 1 atom stereocenters. The number of aromatic nitrogens is 2. The summed E-state index contributed by atoms with van der Waals surface area (Å²) in [5.41, 5.74) is 0. The molecular weight excluding hydrogens is 230 g/mol. The number of anilines is 1. The maximum Gasteiger partial charge on any atom is 0.317 e. The van der Waals surface area contributed by atoms with Crippen LogP contribution in [0.3, 0.4) is 0 Å². The first-order valence-electron chi connectivity index (χ1n) is 6.94. The van der Waals surface area contributed by atoms with E-state index < -0.39 is 0 Å². The van der Waals surface area contributed by atoms with Crippen LogP contribution in [0, 0.1) is 0 Å². The minimum absolute atomic E-state index is 0.402. The van der Waals surface area contributed by atoms with Gasteiger partial charge in [-0.25, -0.2) is 0 Å². The van der Waals surface area contributed by atoms with Crippen molar-refractivity contribution >= 4 is 6.01 Å². The summed E-state index contributed by atoms with van der Waals surface area (Å²) in [6, 6.07) is 0.620. The number of nitrogens with zero attached hydrogens (tertiary/aromatic N) is 3. The van der Waals surface area contributed by atoms with Crippen molar-refractivity contribution in [3.05, 3.63) is 5.89 Å². The van der Waals surface area contributed by atoms with Gasteiger partial charge in [0.25, 0.3) is 0 Å². The zero-order valence-electron chi connectivity index (χ0n) is 11.4. The Bertz CT molecular complexity index is 348. The van der Waals surface area contributed by atoms with Gasteiger partial charge in [-0.2, -0.15) is 0 Å². The fourth-order valence-electron chi connectivity index (χ4n) is 2.18. The molecule has 2 rings (SSSR count). The zero-order valence-corrected chi connectivity index (χ0v) is 11.4. The highest BCUT2D eigenvalue weighted by Crippen LogP contribution is 2.17. The standard InChI is InChI=1S/C13H23N3O2/c1-3-6-12-14-15-13(18-12)16(2)9-8-11-7-4-5-10-17-11/h11H,3-10H2,1-2H3/t11-/m1/s1. The van der Waals surface area contributed by atoms with Crippen LogP contribution in [0.4, 0.5) is 6.01 Å². The normalized spacial score (nSPS) is 20.0. The molecule has 0 aromatic carbocycles. The van der Waals surface area contributed by atoms with Gasteiger partial charge >= 0.3 is 6.01 Å². The second-order valence-electron chi connectivity index (χ2n) is 4.93. The lowest BCUT2D eigenvalue weighted by Gasteiger charge is -2.24. The van der Waals surface area contributed by atoms with Gasteiger partial charge in [-0.3, -0.25) is 0 Å². The van der Waals surface area contributed by atoms with Gasteiger partial charge in [0, 0.05) is 26.6 Å². The number of hydrogen-bond acceptors (Lipinski definition) is 5. The summed E-state index contributed by atoms with van der Waals surface area (Å²) in [6.45, 7) is 3.92. The van der Waals surface area contributed by atoms with Gasteiger partial charge in [-0.05, 0) is 32.1 Å². The summed E-state index contributed by atoms with van der Waals surface area (Å²) >= 11 is 0. The molecule has 0 N–H and O–H groups in total. The third-order valence-electron chi connectivity index (χ3n) is 3.31. The maximum absolute atomic E-state index is 5.71. The lowest BCUT2D eigenvalue weighted by Crippen LogP contribution is -2.26. The van der Waals surface area contributed by atoms with E-state index in [0.717, 1.165) is 38.3 Å². The van der Waals surface area contributed by atoms with Crippen LogP contribution in [0.1, 0.15) is 44.9 Å². The van der Waals surface area contributed by atoms with Crippen LogP contribution in [0.25, 0.3) is 0 Å². The highest BCUT2D eigenvalue weighted by atomic mass is 16.5. The molecule has 0 radical (unpaired) electrons. The van der Waals surface area contributed by atoms with Gasteiger partial charge < -0.3 is 14.1 Å². The van der Waals surface area contributed by atoms with E-state index in [-0.39, 0.29) is 0 Å². The predicted molar refractivity (Wildman–Crippen MR) is 69.8 cm³/mol. The summed E-state index contributed by atoms with van der Waals surface area (Å²) in [7, 11) is 1.99. The van der Waals surface area contributed by atoms with Crippen molar-refractivity contribution in [2.75, 3.05) is 25.1 Å². The van der Waals surface area contributed by atoms with Crippen LogP contribution in [0.2, 0.25) is 0 Å². The largest absolute Gasteiger partial charge is 0.408 e. The Hall–Kier alpha value is -1.10. The topological polar surface area (TPSA) is 51.4 Å². The van der Waals surface area contributed by atoms with Gasteiger partial charge in [0.15, 0.2) is 0 Å². The van der Waals surface area contributed by atoms with Crippen LogP contribution < -0.4 is 4.90 Å². The Morgan fingerprint density at radius 2 is 2.22 bits per heavy atom. The first kappa shape index (κ1) is 13.3. The van der Waals surface area contributed by atoms with E-state index in [2.05, 4.69) is 17.1 Å². The number of ether oxygens (including phenoxy) is 1. The Morgan fingerprint density at radius 3 is 2.94 bits per heavy atom. The summed E-state index contributed by atoms with van der Waals surface area (Å²) < 4.78 is 11.3. The molecule has 0 spiro atoms. The smallest absolute Gasteiger partial charge is 0.317 e. The number of hydrogen-bond donors (Lipinski definition) is 0.